The topological polar surface area (TPSA) is 38.3 Å². The Morgan fingerprint density at radius 3 is 2.50 bits per heavy atom. The highest BCUT2D eigenvalue weighted by molar-refractivity contribution is 5.71. The molecule has 0 rings (SSSR count). The smallest absolute Gasteiger partial charge is 0.319 e. The second-order valence-electron chi connectivity index (χ2n) is 3.46. The van der Waals surface area contributed by atoms with Crippen molar-refractivity contribution in [3.8, 4) is 0 Å². The van der Waals surface area contributed by atoms with E-state index in [1.807, 2.05) is 0 Å². The van der Waals surface area contributed by atoms with Crippen LogP contribution in [0.3, 0.4) is 0 Å². The Morgan fingerprint density at radius 2 is 1.86 bits per heavy atom. The fraction of sp³-hybridized carbons (Fsp3) is 0.909. The van der Waals surface area contributed by atoms with E-state index < -0.39 is 0 Å². The maximum Gasteiger partial charge on any atom is 0.319 e. The normalized spacial score (nSPS) is 10.1. The lowest BCUT2D eigenvalue weighted by molar-refractivity contribution is -0.142. The van der Waals surface area contributed by atoms with Crippen molar-refractivity contribution in [2.75, 3.05) is 19.7 Å². The van der Waals surface area contributed by atoms with Crippen LogP contribution in [0.25, 0.3) is 0 Å². The van der Waals surface area contributed by atoms with Crippen molar-refractivity contribution >= 4 is 5.97 Å². The van der Waals surface area contributed by atoms with Crippen LogP contribution in [0.1, 0.15) is 46.0 Å². The summed E-state index contributed by atoms with van der Waals surface area (Å²) < 4.78 is 4.99. The summed E-state index contributed by atoms with van der Waals surface area (Å²) in [5.74, 6) is -0.130. The summed E-state index contributed by atoms with van der Waals surface area (Å²) >= 11 is 0. The minimum Gasteiger partial charge on any atom is -0.465 e. The van der Waals surface area contributed by atoms with Gasteiger partial charge in [-0.3, -0.25) is 4.79 Å². The molecule has 0 amide bonds. The zero-order chi connectivity index (χ0) is 10.6. The Morgan fingerprint density at radius 1 is 1.14 bits per heavy atom. The fourth-order valence-electron chi connectivity index (χ4n) is 1.07. The number of rotatable bonds is 9. The van der Waals surface area contributed by atoms with Gasteiger partial charge in [0.15, 0.2) is 0 Å². The Labute approximate surface area is 87.2 Å². The molecule has 14 heavy (non-hydrogen) atoms. The molecule has 0 aromatic carbocycles. The van der Waals surface area contributed by atoms with Gasteiger partial charge < -0.3 is 10.1 Å². The van der Waals surface area contributed by atoms with E-state index in [1.165, 1.54) is 12.8 Å². The summed E-state index contributed by atoms with van der Waals surface area (Å²) in [7, 11) is 0. The number of hydrogen-bond donors (Lipinski definition) is 1. The van der Waals surface area contributed by atoms with E-state index in [1.54, 1.807) is 0 Å². The Hall–Kier alpha value is -0.570. The van der Waals surface area contributed by atoms with Crippen molar-refractivity contribution in [1.82, 2.24) is 5.32 Å². The van der Waals surface area contributed by atoms with Crippen LogP contribution in [0, 0.1) is 0 Å². The van der Waals surface area contributed by atoms with Gasteiger partial charge in [0, 0.05) is 0 Å². The molecule has 0 aliphatic heterocycles. The Bertz CT molecular complexity index is 137. The number of esters is 1. The quantitative estimate of drug-likeness (QED) is 0.458. The zero-order valence-corrected chi connectivity index (χ0v) is 9.47. The van der Waals surface area contributed by atoms with E-state index in [0.29, 0.717) is 13.2 Å². The fourth-order valence-corrected chi connectivity index (χ4v) is 1.07. The second-order valence-corrected chi connectivity index (χ2v) is 3.46. The number of ether oxygens (including phenoxy) is 1. The van der Waals surface area contributed by atoms with Crippen molar-refractivity contribution in [3.63, 3.8) is 0 Å². The van der Waals surface area contributed by atoms with Gasteiger partial charge in [-0.25, -0.2) is 0 Å². The lowest BCUT2D eigenvalue weighted by Gasteiger charge is -2.05. The number of hydrogen-bond acceptors (Lipinski definition) is 3. The van der Waals surface area contributed by atoms with E-state index in [9.17, 15) is 4.79 Å². The highest BCUT2D eigenvalue weighted by Crippen LogP contribution is 1.91. The van der Waals surface area contributed by atoms with Gasteiger partial charge in [0.2, 0.25) is 0 Å². The van der Waals surface area contributed by atoms with Crippen LogP contribution in [0.4, 0.5) is 0 Å². The molecule has 0 bridgehead atoms. The van der Waals surface area contributed by atoms with Crippen LogP contribution in [0.2, 0.25) is 0 Å². The number of carbonyl (C=O) groups is 1. The predicted molar refractivity (Wildman–Crippen MR) is 58.3 cm³/mol. The van der Waals surface area contributed by atoms with Crippen LogP contribution in [0.15, 0.2) is 0 Å². The molecule has 0 unspecified atom stereocenters. The molecule has 0 aliphatic carbocycles. The van der Waals surface area contributed by atoms with Crippen LogP contribution in [-0.2, 0) is 9.53 Å². The third-order valence-electron chi connectivity index (χ3n) is 1.99. The molecule has 0 saturated carbocycles. The van der Waals surface area contributed by atoms with E-state index in [4.69, 9.17) is 4.74 Å². The summed E-state index contributed by atoms with van der Waals surface area (Å²) in [5, 5.41) is 3.07. The molecule has 0 spiro atoms. The molecule has 0 radical (unpaired) electrons. The third-order valence-corrected chi connectivity index (χ3v) is 1.99. The first kappa shape index (κ1) is 13.4. The van der Waals surface area contributed by atoms with Crippen molar-refractivity contribution in [2.24, 2.45) is 0 Å². The van der Waals surface area contributed by atoms with E-state index in [0.717, 1.165) is 25.8 Å². The van der Waals surface area contributed by atoms with E-state index in [2.05, 4.69) is 19.2 Å². The van der Waals surface area contributed by atoms with Crippen molar-refractivity contribution < 1.29 is 9.53 Å². The average molecular weight is 201 g/mol. The molecule has 3 heteroatoms. The van der Waals surface area contributed by atoms with Gasteiger partial charge in [0.1, 0.15) is 0 Å². The molecule has 1 N–H and O–H groups in total. The zero-order valence-electron chi connectivity index (χ0n) is 9.47. The van der Waals surface area contributed by atoms with Crippen molar-refractivity contribution in [3.05, 3.63) is 0 Å². The van der Waals surface area contributed by atoms with Crippen LogP contribution >= 0.6 is 0 Å². The molecule has 0 heterocycles. The molecular weight excluding hydrogens is 178 g/mol. The molecule has 0 saturated heterocycles. The first-order valence-electron chi connectivity index (χ1n) is 5.67. The number of unbranched alkanes of at least 4 members (excludes halogenated alkanes) is 3. The molecular formula is C11H23NO2. The lowest BCUT2D eigenvalue weighted by atomic mass is 10.2. The minimum atomic E-state index is -0.130. The Kier molecular flexibility index (Phi) is 10.1. The van der Waals surface area contributed by atoms with Gasteiger partial charge in [-0.1, -0.05) is 33.1 Å². The van der Waals surface area contributed by atoms with E-state index in [-0.39, 0.29) is 5.97 Å². The van der Waals surface area contributed by atoms with Crippen LogP contribution < -0.4 is 5.32 Å². The van der Waals surface area contributed by atoms with Gasteiger partial charge in [-0.15, -0.1) is 0 Å². The summed E-state index contributed by atoms with van der Waals surface area (Å²) in [6, 6.07) is 0. The second kappa shape index (κ2) is 10.5. The maximum atomic E-state index is 11.1. The van der Waals surface area contributed by atoms with Gasteiger partial charge in [0.05, 0.1) is 13.2 Å². The summed E-state index contributed by atoms with van der Waals surface area (Å²) in [6.45, 7) is 6.08. The van der Waals surface area contributed by atoms with Crippen molar-refractivity contribution in [2.45, 2.75) is 46.0 Å². The molecule has 84 valence electrons. The lowest BCUT2D eigenvalue weighted by Crippen LogP contribution is -2.25. The van der Waals surface area contributed by atoms with Crippen molar-refractivity contribution in [1.29, 1.82) is 0 Å². The van der Waals surface area contributed by atoms with Gasteiger partial charge in [-0.2, -0.15) is 0 Å². The summed E-state index contributed by atoms with van der Waals surface area (Å²) in [4.78, 5) is 11.1. The monoisotopic (exact) mass is 201 g/mol. The average Bonchev–Trinajstić information content (AvgIpc) is 2.18. The highest BCUT2D eigenvalue weighted by atomic mass is 16.5. The largest absolute Gasteiger partial charge is 0.465 e. The van der Waals surface area contributed by atoms with E-state index >= 15 is 0 Å². The minimum absolute atomic E-state index is 0.130. The molecule has 0 aromatic heterocycles. The summed E-state index contributed by atoms with van der Waals surface area (Å²) in [5.41, 5.74) is 0. The van der Waals surface area contributed by atoms with Crippen LogP contribution in [-0.4, -0.2) is 25.7 Å². The van der Waals surface area contributed by atoms with Gasteiger partial charge in [-0.05, 0) is 19.4 Å². The highest BCUT2D eigenvalue weighted by Gasteiger charge is 2.00. The molecule has 3 nitrogen and oxygen atoms in total. The van der Waals surface area contributed by atoms with Crippen LogP contribution in [0.5, 0.6) is 0 Å². The number of carbonyl (C=O) groups excluding carboxylic acids is 1. The first-order chi connectivity index (χ1) is 6.81. The molecule has 0 atom stereocenters. The third kappa shape index (κ3) is 9.52. The van der Waals surface area contributed by atoms with Gasteiger partial charge >= 0.3 is 5.97 Å². The first-order valence-corrected chi connectivity index (χ1v) is 5.67. The summed E-state index contributed by atoms with van der Waals surface area (Å²) in [6.07, 6.45) is 5.60. The molecule has 0 aromatic rings. The predicted octanol–water partition coefficient (Wildman–Crippen LogP) is 2.11. The standard InChI is InChI=1S/C11H23NO2/c1-3-5-7-8-12-10-11(13)14-9-6-4-2/h12H,3-10H2,1-2H3. The maximum absolute atomic E-state index is 11.1. The number of nitrogens with one attached hydrogen (secondary N) is 1. The van der Waals surface area contributed by atoms with Gasteiger partial charge in [0.25, 0.3) is 0 Å². The molecule has 0 fully saturated rings. The SMILES string of the molecule is CCCCCNCC(=O)OCCCC. The molecule has 0 aliphatic rings. The Balaban J connectivity index is 3.10.